The third kappa shape index (κ3) is 3.02. The topological polar surface area (TPSA) is 73.3 Å². The van der Waals surface area contributed by atoms with Crippen LogP contribution in [0.1, 0.15) is 17.4 Å². The number of hydrogen-bond donors (Lipinski definition) is 0. The van der Waals surface area contributed by atoms with E-state index in [1.54, 1.807) is 6.92 Å². The molecule has 0 radical (unpaired) electrons. The predicted octanol–water partition coefficient (Wildman–Crippen LogP) is 0.662. The van der Waals surface area contributed by atoms with Crippen molar-refractivity contribution in [2.75, 3.05) is 12.9 Å². The highest BCUT2D eigenvalue weighted by Crippen LogP contribution is 2.07. The zero-order valence-electron chi connectivity index (χ0n) is 8.43. The summed E-state index contributed by atoms with van der Waals surface area (Å²) < 4.78 is 27.0. The van der Waals surface area contributed by atoms with E-state index in [0.29, 0.717) is 0 Å². The van der Waals surface area contributed by atoms with Gasteiger partial charge in [-0.1, -0.05) is 6.07 Å². The van der Waals surface area contributed by atoms with Gasteiger partial charge in [0, 0.05) is 6.26 Å². The van der Waals surface area contributed by atoms with Gasteiger partial charge in [0.2, 0.25) is 0 Å². The third-order valence-corrected chi connectivity index (χ3v) is 2.58. The summed E-state index contributed by atoms with van der Waals surface area (Å²) >= 11 is 0. The Kier molecular flexibility index (Phi) is 3.41. The molecule has 1 heterocycles. The Morgan fingerprint density at radius 1 is 1.47 bits per heavy atom. The Morgan fingerprint density at radius 3 is 2.67 bits per heavy atom. The van der Waals surface area contributed by atoms with E-state index in [9.17, 15) is 13.2 Å². The van der Waals surface area contributed by atoms with Crippen molar-refractivity contribution in [3.8, 4) is 0 Å². The average Bonchev–Trinajstić information content (AvgIpc) is 2.17. The van der Waals surface area contributed by atoms with Crippen LogP contribution in [0.4, 0.5) is 0 Å². The van der Waals surface area contributed by atoms with E-state index >= 15 is 0 Å². The molecule has 1 aromatic rings. The van der Waals surface area contributed by atoms with E-state index in [1.165, 1.54) is 18.2 Å². The molecule has 0 spiro atoms. The molecule has 1 aromatic heterocycles. The number of nitrogens with zero attached hydrogens (tertiary/aromatic N) is 1. The van der Waals surface area contributed by atoms with Gasteiger partial charge in [-0.3, -0.25) is 0 Å². The lowest BCUT2D eigenvalue weighted by molar-refractivity contribution is 0.0518. The number of hydrogen-bond acceptors (Lipinski definition) is 5. The Balaban J connectivity index is 3.09. The highest BCUT2D eigenvalue weighted by atomic mass is 32.2. The molecule has 0 atom stereocenters. The molecule has 1 rings (SSSR count). The molecule has 0 aliphatic rings. The number of carbonyl (C=O) groups excluding carboxylic acids is 1. The number of rotatable bonds is 3. The van der Waals surface area contributed by atoms with E-state index in [-0.39, 0.29) is 17.3 Å². The molecule has 82 valence electrons. The van der Waals surface area contributed by atoms with Crippen molar-refractivity contribution in [1.82, 2.24) is 4.98 Å². The van der Waals surface area contributed by atoms with Crippen LogP contribution >= 0.6 is 0 Å². The van der Waals surface area contributed by atoms with E-state index in [0.717, 1.165) is 6.26 Å². The predicted molar refractivity (Wildman–Crippen MR) is 53.3 cm³/mol. The molecule has 15 heavy (non-hydrogen) atoms. The number of carbonyl (C=O) groups is 1. The van der Waals surface area contributed by atoms with Gasteiger partial charge in [-0.05, 0) is 19.1 Å². The van der Waals surface area contributed by atoms with Gasteiger partial charge in [0.1, 0.15) is 5.69 Å². The van der Waals surface area contributed by atoms with Crippen molar-refractivity contribution in [2.45, 2.75) is 11.9 Å². The maximum absolute atomic E-state index is 11.2. The Bertz CT molecular complexity index is 467. The zero-order chi connectivity index (χ0) is 11.5. The highest BCUT2D eigenvalue weighted by molar-refractivity contribution is 7.90. The summed E-state index contributed by atoms with van der Waals surface area (Å²) in [5.41, 5.74) is -0.000208. The minimum absolute atomic E-state index is 0.000208. The van der Waals surface area contributed by atoms with Crippen molar-refractivity contribution in [3.05, 3.63) is 23.9 Å². The third-order valence-electron chi connectivity index (χ3n) is 1.59. The fourth-order valence-electron chi connectivity index (χ4n) is 0.940. The number of esters is 1. The van der Waals surface area contributed by atoms with Gasteiger partial charge in [0.15, 0.2) is 14.9 Å². The van der Waals surface area contributed by atoms with Gasteiger partial charge in [-0.2, -0.15) is 0 Å². The minimum atomic E-state index is -3.39. The molecular formula is C9H11NO4S. The summed E-state index contributed by atoms with van der Waals surface area (Å²) in [4.78, 5) is 14.9. The van der Waals surface area contributed by atoms with E-state index in [4.69, 9.17) is 4.74 Å². The van der Waals surface area contributed by atoms with Crippen LogP contribution in [0.2, 0.25) is 0 Å². The molecule has 0 saturated carbocycles. The van der Waals surface area contributed by atoms with Gasteiger partial charge >= 0.3 is 5.97 Å². The second kappa shape index (κ2) is 4.39. The van der Waals surface area contributed by atoms with Crippen LogP contribution in [0.25, 0.3) is 0 Å². The maximum Gasteiger partial charge on any atom is 0.356 e. The first-order valence-corrected chi connectivity index (χ1v) is 6.18. The molecule has 0 amide bonds. The summed E-state index contributed by atoms with van der Waals surface area (Å²) in [6.45, 7) is 1.89. The van der Waals surface area contributed by atoms with Gasteiger partial charge in [-0.15, -0.1) is 0 Å². The number of aromatic nitrogens is 1. The molecule has 0 N–H and O–H groups in total. The standard InChI is InChI=1S/C9H11NO4S/c1-3-14-9(11)7-5-4-6-8(10-7)15(2,12)13/h4-6H,3H2,1-2H3. The normalized spacial score (nSPS) is 11.1. The Labute approximate surface area is 88.0 Å². The van der Waals surface area contributed by atoms with Crippen molar-refractivity contribution in [3.63, 3.8) is 0 Å². The molecular weight excluding hydrogens is 218 g/mol. The van der Waals surface area contributed by atoms with Gasteiger partial charge in [-0.25, -0.2) is 18.2 Å². The van der Waals surface area contributed by atoms with Crippen LogP contribution in [0.15, 0.2) is 23.2 Å². The fourth-order valence-corrected chi connectivity index (χ4v) is 1.53. The van der Waals surface area contributed by atoms with Crippen LogP contribution in [0.3, 0.4) is 0 Å². The summed E-state index contributed by atoms with van der Waals surface area (Å²) in [7, 11) is -3.39. The lowest BCUT2D eigenvalue weighted by atomic mass is 10.3. The zero-order valence-corrected chi connectivity index (χ0v) is 9.24. The summed E-state index contributed by atoms with van der Waals surface area (Å²) in [6.07, 6.45) is 1.03. The maximum atomic E-state index is 11.2. The van der Waals surface area contributed by atoms with Crippen molar-refractivity contribution in [1.29, 1.82) is 0 Å². The van der Waals surface area contributed by atoms with E-state index < -0.39 is 15.8 Å². The number of ether oxygens (including phenoxy) is 1. The van der Waals surface area contributed by atoms with Gasteiger partial charge in [0.05, 0.1) is 6.61 Å². The van der Waals surface area contributed by atoms with Crippen LogP contribution < -0.4 is 0 Å². The molecule has 0 unspecified atom stereocenters. The fraction of sp³-hybridized carbons (Fsp3) is 0.333. The van der Waals surface area contributed by atoms with Crippen molar-refractivity contribution in [2.24, 2.45) is 0 Å². The monoisotopic (exact) mass is 229 g/mol. The molecule has 0 aliphatic heterocycles. The highest BCUT2D eigenvalue weighted by Gasteiger charge is 2.13. The van der Waals surface area contributed by atoms with Crippen LogP contribution in [0, 0.1) is 0 Å². The molecule has 0 fully saturated rings. The SMILES string of the molecule is CCOC(=O)c1cccc(S(C)(=O)=O)n1. The second-order valence-electron chi connectivity index (χ2n) is 2.85. The molecule has 0 aliphatic carbocycles. The first kappa shape index (κ1) is 11.6. The lowest BCUT2D eigenvalue weighted by Crippen LogP contribution is -2.10. The van der Waals surface area contributed by atoms with E-state index in [1.807, 2.05) is 0 Å². The molecule has 0 saturated heterocycles. The molecule has 0 aromatic carbocycles. The summed E-state index contributed by atoms with van der Waals surface area (Å²) in [5.74, 6) is -0.622. The van der Waals surface area contributed by atoms with Crippen LogP contribution in [-0.2, 0) is 14.6 Å². The lowest BCUT2D eigenvalue weighted by Gasteiger charge is -2.02. The summed E-state index contributed by atoms with van der Waals surface area (Å²) in [5, 5.41) is -0.131. The second-order valence-corrected chi connectivity index (χ2v) is 4.82. The van der Waals surface area contributed by atoms with Crippen molar-refractivity contribution >= 4 is 15.8 Å². The first-order chi connectivity index (χ1) is 6.95. The van der Waals surface area contributed by atoms with Crippen LogP contribution in [-0.4, -0.2) is 32.2 Å². The Morgan fingerprint density at radius 2 is 2.13 bits per heavy atom. The smallest absolute Gasteiger partial charge is 0.356 e. The largest absolute Gasteiger partial charge is 0.461 e. The Hall–Kier alpha value is -1.43. The average molecular weight is 229 g/mol. The molecule has 5 nitrogen and oxygen atoms in total. The van der Waals surface area contributed by atoms with Gasteiger partial charge in [0.25, 0.3) is 0 Å². The van der Waals surface area contributed by atoms with E-state index in [2.05, 4.69) is 4.98 Å². The summed E-state index contributed by atoms with van der Waals surface area (Å²) in [6, 6.07) is 4.19. The van der Waals surface area contributed by atoms with Crippen LogP contribution in [0.5, 0.6) is 0 Å². The van der Waals surface area contributed by atoms with Gasteiger partial charge < -0.3 is 4.74 Å². The number of sulfone groups is 1. The first-order valence-electron chi connectivity index (χ1n) is 4.29. The van der Waals surface area contributed by atoms with Crippen molar-refractivity contribution < 1.29 is 17.9 Å². The number of pyridine rings is 1. The molecule has 0 bridgehead atoms. The quantitative estimate of drug-likeness (QED) is 0.712. The molecule has 6 heteroatoms. The minimum Gasteiger partial charge on any atom is -0.461 e.